The average Bonchev–Trinajstić information content (AvgIpc) is 2.45. The maximum Gasteiger partial charge on any atom is 0.301 e. The van der Waals surface area contributed by atoms with Crippen molar-refractivity contribution in [1.29, 1.82) is 0 Å². The molecule has 21 heavy (non-hydrogen) atoms. The van der Waals surface area contributed by atoms with Gasteiger partial charge in [-0.05, 0) is 31.9 Å². The van der Waals surface area contributed by atoms with Gasteiger partial charge in [0.15, 0.2) is 0 Å². The van der Waals surface area contributed by atoms with Crippen molar-refractivity contribution in [2.24, 2.45) is 5.73 Å². The van der Waals surface area contributed by atoms with Crippen LogP contribution in [0.4, 0.5) is 5.69 Å². The van der Waals surface area contributed by atoms with Gasteiger partial charge >= 0.3 is 10.2 Å². The number of nitrogens with two attached hydrogens (primary N) is 1. The summed E-state index contributed by atoms with van der Waals surface area (Å²) in [4.78, 5) is 0. The van der Waals surface area contributed by atoms with E-state index >= 15 is 0 Å². The van der Waals surface area contributed by atoms with Gasteiger partial charge in [0, 0.05) is 25.2 Å². The zero-order valence-electron chi connectivity index (χ0n) is 12.3. The molecule has 6 nitrogen and oxygen atoms in total. The second-order valence-electron chi connectivity index (χ2n) is 5.23. The van der Waals surface area contributed by atoms with E-state index in [1.807, 2.05) is 6.92 Å². The first-order valence-corrected chi connectivity index (χ1v) is 8.69. The van der Waals surface area contributed by atoms with Crippen LogP contribution in [-0.2, 0) is 10.2 Å². The Kier molecular flexibility index (Phi) is 5.44. The van der Waals surface area contributed by atoms with Gasteiger partial charge in [0.2, 0.25) is 0 Å². The van der Waals surface area contributed by atoms with Crippen LogP contribution in [0.15, 0.2) is 24.3 Å². The number of nitrogens with one attached hydrogen (secondary N) is 1. The minimum atomic E-state index is -3.52. The third-order valence-corrected chi connectivity index (χ3v) is 5.17. The summed E-state index contributed by atoms with van der Waals surface area (Å²) in [7, 11) is -3.52. The Morgan fingerprint density at radius 3 is 2.95 bits per heavy atom. The van der Waals surface area contributed by atoms with Gasteiger partial charge < -0.3 is 10.5 Å². The molecule has 118 valence electrons. The van der Waals surface area contributed by atoms with Crippen LogP contribution in [0.3, 0.4) is 0 Å². The molecular formula is C14H23N3O3S. The minimum absolute atomic E-state index is 0.0351. The lowest BCUT2D eigenvalue weighted by Gasteiger charge is -2.32. The van der Waals surface area contributed by atoms with E-state index in [1.54, 1.807) is 24.3 Å². The highest BCUT2D eigenvalue weighted by molar-refractivity contribution is 7.90. The van der Waals surface area contributed by atoms with Crippen LogP contribution in [0, 0.1) is 0 Å². The molecule has 0 amide bonds. The lowest BCUT2D eigenvalue weighted by Crippen LogP contribution is -2.44. The largest absolute Gasteiger partial charge is 0.492 e. The Bertz CT molecular complexity index is 562. The van der Waals surface area contributed by atoms with Gasteiger partial charge in [-0.3, -0.25) is 4.72 Å². The van der Waals surface area contributed by atoms with E-state index in [0.29, 0.717) is 31.1 Å². The molecule has 1 aliphatic rings. The maximum absolute atomic E-state index is 12.4. The fourth-order valence-electron chi connectivity index (χ4n) is 2.46. The molecule has 1 aromatic rings. The first-order chi connectivity index (χ1) is 10.0. The Hall–Kier alpha value is -1.31. The van der Waals surface area contributed by atoms with Crippen LogP contribution in [0.2, 0.25) is 0 Å². The fraction of sp³-hybridized carbons (Fsp3) is 0.571. The molecule has 0 spiro atoms. The molecule has 1 unspecified atom stereocenters. The molecule has 1 heterocycles. The number of anilines is 1. The monoisotopic (exact) mass is 313 g/mol. The fourth-order valence-corrected chi connectivity index (χ4v) is 3.95. The van der Waals surface area contributed by atoms with Gasteiger partial charge in [0.25, 0.3) is 0 Å². The molecule has 1 aliphatic heterocycles. The number of nitrogens with zero attached hydrogens (tertiary/aromatic N) is 1. The van der Waals surface area contributed by atoms with Crippen LogP contribution in [0.1, 0.15) is 26.2 Å². The third kappa shape index (κ3) is 4.33. The summed E-state index contributed by atoms with van der Waals surface area (Å²) in [6.45, 7) is 3.33. The maximum atomic E-state index is 12.4. The summed E-state index contributed by atoms with van der Waals surface area (Å²) < 4.78 is 34.4. The highest BCUT2D eigenvalue weighted by Gasteiger charge is 2.29. The second-order valence-corrected chi connectivity index (χ2v) is 6.85. The summed E-state index contributed by atoms with van der Waals surface area (Å²) in [6.07, 6.45) is 2.89. The molecule has 0 saturated carbocycles. The van der Waals surface area contributed by atoms with E-state index in [-0.39, 0.29) is 6.04 Å². The predicted molar refractivity (Wildman–Crippen MR) is 83.6 cm³/mol. The molecule has 0 aliphatic carbocycles. The topological polar surface area (TPSA) is 84.7 Å². The second kappa shape index (κ2) is 7.11. The smallest absolute Gasteiger partial charge is 0.301 e. The van der Waals surface area contributed by atoms with E-state index in [4.69, 9.17) is 10.5 Å². The van der Waals surface area contributed by atoms with Gasteiger partial charge in [0.05, 0.1) is 5.69 Å². The van der Waals surface area contributed by atoms with Crippen molar-refractivity contribution in [3.63, 3.8) is 0 Å². The number of hydrogen-bond donors (Lipinski definition) is 2. The summed E-state index contributed by atoms with van der Waals surface area (Å²) in [6, 6.07) is 6.94. The highest BCUT2D eigenvalue weighted by atomic mass is 32.2. The first-order valence-electron chi connectivity index (χ1n) is 7.25. The predicted octanol–water partition coefficient (Wildman–Crippen LogP) is 1.56. The Labute approximate surface area is 126 Å². The molecule has 0 aromatic heterocycles. The van der Waals surface area contributed by atoms with Crippen LogP contribution >= 0.6 is 0 Å². The normalized spacial score (nSPS) is 20.2. The summed E-state index contributed by atoms with van der Waals surface area (Å²) in [5, 5.41) is 0. The van der Waals surface area contributed by atoms with Crippen LogP contribution in [0.25, 0.3) is 0 Å². The molecule has 7 heteroatoms. The lowest BCUT2D eigenvalue weighted by atomic mass is 10.1. The Balaban J connectivity index is 2.09. The molecule has 3 N–H and O–H groups in total. The Morgan fingerprint density at radius 1 is 1.43 bits per heavy atom. The number of benzene rings is 1. The first kappa shape index (κ1) is 16.1. The zero-order chi connectivity index (χ0) is 15.3. The number of rotatable bonds is 6. The number of piperidine rings is 1. The van der Waals surface area contributed by atoms with Gasteiger partial charge in [0.1, 0.15) is 12.4 Å². The quantitative estimate of drug-likeness (QED) is 0.834. The molecule has 1 saturated heterocycles. The van der Waals surface area contributed by atoms with E-state index < -0.39 is 10.2 Å². The van der Waals surface area contributed by atoms with Crippen molar-refractivity contribution in [2.75, 3.05) is 24.4 Å². The van der Waals surface area contributed by atoms with Crippen molar-refractivity contribution < 1.29 is 13.2 Å². The average molecular weight is 313 g/mol. The van der Waals surface area contributed by atoms with Gasteiger partial charge in [-0.2, -0.15) is 12.7 Å². The number of ether oxygens (including phenoxy) is 1. The SMILES string of the molecule is CC1CCCCN1S(=O)(=O)Nc1cccc(OCCN)c1. The highest BCUT2D eigenvalue weighted by Crippen LogP contribution is 2.23. The molecule has 1 fully saturated rings. The van der Waals surface area contributed by atoms with Crippen LogP contribution in [-0.4, -0.2) is 38.5 Å². The van der Waals surface area contributed by atoms with E-state index in [1.165, 1.54) is 4.31 Å². The summed E-state index contributed by atoms with van der Waals surface area (Å²) >= 11 is 0. The molecular weight excluding hydrogens is 290 g/mol. The molecule has 0 bridgehead atoms. The third-order valence-electron chi connectivity index (χ3n) is 3.52. The molecule has 2 rings (SSSR count). The molecule has 1 aromatic carbocycles. The van der Waals surface area contributed by atoms with Crippen molar-refractivity contribution in [3.05, 3.63) is 24.3 Å². The molecule has 0 radical (unpaired) electrons. The van der Waals surface area contributed by atoms with Crippen molar-refractivity contribution in [2.45, 2.75) is 32.2 Å². The van der Waals surface area contributed by atoms with E-state index in [9.17, 15) is 8.42 Å². The van der Waals surface area contributed by atoms with Gasteiger partial charge in [-0.25, -0.2) is 0 Å². The Morgan fingerprint density at radius 2 is 2.24 bits per heavy atom. The molecule has 1 atom stereocenters. The van der Waals surface area contributed by atoms with Crippen molar-refractivity contribution >= 4 is 15.9 Å². The van der Waals surface area contributed by atoms with Crippen molar-refractivity contribution in [3.8, 4) is 5.75 Å². The lowest BCUT2D eigenvalue weighted by molar-refractivity contribution is 0.270. The van der Waals surface area contributed by atoms with Crippen LogP contribution < -0.4 is 15.2 Å². The zero-order valence-corrected chi connectivity index (χ0v) is 13.1. The minimum Gasteiger partial charge on any atom is -0.492 e. The van der Waals surface area contributed by atoms with Gasteiger partial charge in [-0.15, -0.1) is 0 Å². The van der Waals surface area contributed by atoms with E-state index in [0.717, 1.165) is 19.3 Å². The van der Waals surface area contributed by atoms with E-state index in [2.05, 4.69) is 4.72 Å². The van der Waals surface area contributed by atoms with Gasteiger partial charge in [-0.1, -0.05) is 12.5 Å². The standard InChI is InChI=1S/C14H23N3O3S/c1-12-5-2-3-9-17(12)21(18,19)16-13-6-4-7-14(11-13)20-10-8-15/h4,6-7,11-12,16H,2-3,5,8-10,15H2,1H3. The van der Waals surface area contributed by atoms with Crippen LogP contribution in [0.5, 0.6) is 5.75 Å². The number of hydrogen-bond acceptors (Lipinski definition) is 4. The van der Waals surface area contributed by atoms with Crippen molar-refractivity contribution in [1.82, 2.24) is 4.31 Å². The summed E-state index contributed by atoms with van der Waals surface area (Å²) in [5.74, 6) is 0.604. The summed E-state index contributed by atoms with van der Waals surface area (Å²) in [5.41, 5.74) is 5.89.